The molecule has 0 bridgehead atoms. The van der Waals surface area contributed by atoms with Gasteiger partial charge in [-0.25, -0.2) is 13.6 Å². The first kappa shape index (κ1) is 15.6. The van der Waals surface area contributed by atoms with Crippen molar-refractivity contribution < 1.29 is 44.2 Å². The standard InChI is InChI=1S/C10H8F2NO3.W/c1-5(14)13-8-4-6(11)3-7(12)9(8)10(15)16-2;/h3-4H,1H2,2H3,(H,13,14);/q-1;. The number of halogens is 2. The maximum absolute atomic E-state index is 13.3. The van der Waals surface area contributed by atoms with E-state index in [0.29, 0.717) is 6.07 Å². The molecular formula is C10H8F2NO3W-. The van der Waals surface area contributed by atoms with Crippen LogP contribution in [0.3, 0.4) is 0 Å². The average Bonchev–Trinajstić information content (AvgIpc) is 2.14. The number of rotatable bonds is 2. The maximum atomic E-state index is 13.3. The van der Waals surface area contributed by atoms with Crippen LogP contribution in [0.4, 0.5) is 14.5 Å². The fraction of sp³-hybridized carbons (Fsp3) is 0.100. The van der Waals surface area contributed by atoms with Crippen LogP contribution in [0, 0.1) is 18.6 Å². The number of carbonyl (C=O) groups is 2. The molecule has 0 atom stereocenters. The number of amides is 1. The van der Waals surface area contributed by atoms with Crippen molar-refractivity contribution in [2.24, 2.45) is 0 Å². The molecule has 0 saturated carbocycles. The Hall–Kier alpha value is -1.42. The van der Waals surface area contributed by atoms with Gasteiger partial charge in [-0.3, -0.25) is 0 Å². The van der Waals surface area contributed by atoms with Crippen molar-refractivity contribution in [2.45, 2.75) is 0 Å². The topological polar surface area (TPSA) is 55.4 Å². The van der Waals surface area contributed by atoms with Crippen molar-refractivity contribution >= 4 is 17.6 Å². The van der Waals surface area contributed by atoms with Gasteiger partial charge in [-0.15, -0.1) is 0 Å². The van der Waals surface area contributed by atoms with Gasteiger partial charge in [-0.05, 0) is 6.07 Å². The van der Waals surface area contributed by atoms with Gasteiger partial charge in [0.25, 0.3) is 0 Å². The second kappa shape index (κ2) is 6.35. The smallest absolute Gasteiger partial charge is 0.342 e. The monoisotopic (exact) mass is 412 g/mol. The number of benzene rings is 1. The first-order valence-electron chi connectivity index (χ1n) is 4.16. The molecule has 1 N–H and O–H groups in total. The number of nitrogens with one attached hydrogen (secondary N) is 1. The fourth-order valence-electron chi connectivity index (χ4n) is 1.13. The molecule has 0 aliphatic carbocycles. The average molecular weight is 412 g/mol. The van der Waals surface area contributed by atoms with Gasteiger partial charge in [0.15, 0.2) is 0 Å². The van der Waals surface area contributed by atoms with Crippen molar-refractivity contribution in [2.75, 3.05) is 12.4 Å². The predicted molar refractivity (Wildman–Crippen MR) is 51.7 cm³/mol. The summed E-state index contributed by atoms with van der Waals surface area (Å²) in [6, 6.07) is 1.32. The van der Waals surface area contributed by atoms with E-state index in [1.807, 2.05) is 5.32 Å². The van der Waals surface area contributed by atoms with E-state index in [1.165, 1.54) is 0 Å². The molecule has 1 amide bonds. The molecule has 17 heavy (non-hydrogen) atoms. The van der Waals surface area contributed by atoms with E-state index in [4.69, 9.17) is 0 Å². The Morgan fingerprint density at radius 1 is 1.35 bits per heavy atom. The van der Waals surface area contributed by atoms with E-state index < -0.39 is 29.1 Å². The zero-order valence-electron chi connectivity index (χ0n) is 8.75. The molecular weight excluding hydrogens is 404 g/mol. The summed E-state index contributed by atoms with van der Waals surface area (Å²) in [5.41, 5.74) is -0.856. The van der Waals surface area contributed by atoms with E-state index >= 15 is 0 Å². The minimum Gasteiger partial charge on any atom is -0.465 e. The van der Waals surface area contributed by atoms with Crippen LogP contribution in [0.15, 0.2) is 12.1 Å². The molecule has 0 saturated heterocycles. The molecule has 1 rings (SSSR count). The van der Waals surface area contributed by atoms with E-state index in [1.54, 1.807) is 0 Å². The van der Waals surface area contributed by atoms with Crippen LogP contribution in [0.1, 0.15) is 10.4 Å². The van der Waals surface area contributed by atoms with Gasteiger partial charge in [0.05, 0.1) is 18.7 Å². The number of carbonyl (C=O) groups excluding carboxylic acids is 2. The van der Waals surface area contributed by atoms with E-state index in [0.717, 1.165) is 13.2 Å². The Balaban J connectivity index is 0.00000256. The molecule has 7 heteroatoms. The molecule has 0 spiro atoms. The van der Waals surface area contributed by atoms with Gasteiger partial charge < -0.3 is 21.8 Å². The van der Waals surface area contributed by atoms with Crippen LogP contribution in [-0.4, -0.2) is 19.0 Å². The van der Waals surface area contributed by atoms with Crippen LogP contribution in [0.5, 0.6) is 0 Å². The van der Waals surface area contributed by atoms with Crippen LogP contribution >= 0.6 is 0 Å². The third kappa shape index (κ3) is 3.82. The number of methoxy groups -OCH3 is 1. The normalized spacial score (nSPS) is 9.12. The molecule has 0 fully saturated rings. The largest absolute Gasteiger partial charge is 0.465 e. The Morgan fingerprint density at radius 3 is 2.41 bits per heavy atom. The molecule has 0 aliphatic rings. The van der Waals surface area contributed by atoms with Crippen LogP contribution < -0.4 is 5.32 Å². The quantitative estimate of drug-likeness (QED) is 0.593. The molecule has 0 radical (unpaired) electrons. The summed E-state index contributed by atoms with van der Waals surface area (Å²) in [6.45, 7) is 2.97. The Morgan fingerprint density at radius 2 is 1.94 bits per heavy atom. The number of anilines is 1. The summed E-state index contributed by atoms with van der Waals surface area (Å²) >= 11 is 0. The summed E-state index contributed by atoms with van der Waals surface area (Å²) in [7, 11) is 1.04. The molecule has 0 aliphatic heterocycles. The third-order valence-electron chi connectivity index (χ3n) is 1.72. The van der Waals surface area contributed by atoms with Gasteiger partial charge in [-0.2, -0.15) is 0 Å². The number of hydrogen-bond acceptors (Lipinski definition) is 3. The van der Waals surface area contributed by atoms with Crippen LogP contribution in [-0.2, 0) is 30.6 Å². The van der Waals surface area contributed by atoms with Crippen molar-refractivity contribution in [1.82, 2.24) is 0 Å². The number of hydrogen-bond donors (Lipinski definition) is 1. The predicted octanol–water partition coefficient (Wildman–Crippen LogP) is 1.52. The summed E-state index contributed by atoms with van der Waals surface area (Å²) in [5, 5.41) is 2.04. The number of esters is 1. The third-order valence-corrected chi connectivity index (χ3v) is 1.72. The van der Waals surface area contributed by atoms with Crippen LogP contribution in [0.2, 0.25) is 0 Å². The van der Waals surface area contributed by atoms with Crippen molar-refractivity contribution in [3.05, 3.63) is 36.3 Å². The second-order valence-electron chi connectivity index (χ2n) is 2.85. The van der Waals surface area contributed by atoms with Gasteiger partial charge in [0, 0.05) is 27.1 Å². The first-order chi connectivity index (χ1) is 7.45. The summed E-state index contributed by atoms with van der Waals surface area (Å²) in [4.78, 5) is 21.9. The van der Waals surface area contributed by atoms with Crippen molar-refractivity contribution in [3.8, 4) is 0 Å². The van der Waals surface area contributed by atoms with Gasteiger partial charge in [0.2, 0.25) is 0 Å². The zero-order chi connectivity index (χ0) is 12.3. The second-order valence-corrected chi connectivity index (χ2v) is 2.85. The van der Waals surface area contributed by atoms with E-state index in [2.05, 4.69) is 11.7 Å². The SMILES string of the molecule is [CH2-]C(=O)Nc1cc(F)cc(F)c1C(=O)OC.[W]. The van der Waals surface area contributed by atoms with Crippen molar-refractivity contribution in [3.63, 3.8) is 0 Å². The number of ether oxygens (including phenoxy) is 1. The zero-order valence-corrected chi connectivity index (χ0v) is 11.7. The maximum Gasteiger partial charge on any atom is 0.342 e. The van der Waals surface area contributed by atoms with E-state index in [9.17, 15) is 18.4 Å². The minimum atomic E-state index is -1.12. The Labute approximate surface area is 111 Å². The molecule has 92 valence electrons. The first-order valence-corrected chi connectivity index (χ1v) is 4.16. The minimum absolute atomic E-state index is 0. The molecule has 0 unspecified atom stereocenters. The Kier molecular flexibility index (Phi) is 5.82. The summed E-state index contributed by atoms with van der Waals surface area (Å²) in [6.07, 6.45) is 0. The molecule has 0 heterocycles. The fourth-order valence-corrected chi connectivity index (χ4v) is 1.13. The Bertz CT molecular complexity index is 451. The molecule has 0 aromatic heterocycles. The summed E-state index contributed by atoms with van der Waals surface area (Å²) in [5.74, 6) is -3.85. The van der Waals surface area contributed by atoms with Gasteiger partial charge >= 0.3 is 5.97 Å². The van der Waals surface area contributed by atoms with E-state index in [-0.39, 0.29) is 26.8 Å². The molecule has 1 aromatic rings. The van der Waals surface area contributed by atoms with Crippen LogP contribution in [0.25, 0.3) is 0 Å². The molecule has 1 aromatic carbocycles. The summed E-state index contributed by atoms with van der Waals surface area (Å²) < 4.78 is 30.5. The van der Waals surface area contributed by atoms with Gasteiger partial charge in [-0.1, -0.05) is 0 Å². The molecule has 4 nitrogen and oxygen atoms in total. The van der Waals surface area contributed by atoms with Crippen molar-refractivity contribution in [1.29, 1.82) is 0 Å². The van der Waals surface area contributed by atoms with Gasteiger partial charge in [0.1, 0.15) is 17.2 Å².